The van der Waals surface area contributed by atoms with E-state index in [1.54, 1.807) is 6.92 Å². The van der Waals surface area contributed by atoms with Gasteiger partial charge in [0, 0.05) is 5.75 Å². The molecule has 0 heterocycles. The average molecular weight is 271 g/mol. The number of hydrogen-bond acceptors (Lipinski definition) is 4. The highest BCUT2D eigenvalue weighted by Crippen LogP contribution is 2.23. The minimum absolute atomic E-state index is 0.0555. The van der Waals surface area contributed by atoms with Crippen molar-refractivity contribution in [2.45, 2.75) is 20.3 Å². The van der Waals surface area contributed by atoms with E-state index in [2.05, 4.69) is 0 Å². The molecule has 18 heavy (non-hydrogen) atoms. The van der Waals surface area contributed by atoms with Crippen molar-refractivity contribution in [1.29, 1.82) is 0 Å². The monoisotopic (exact) mass is 271 g/mol. The van der Waals surface area contributed by atoms with Gasteiger partial charge in [0.1, 0.15) is 12.4 Å². The second-order valence-electron chi connectivity index (χ2n) is 4.19. The van der Waals surface area contributed by atoms with E-state index in [4.69, 9.17) is 10.5 Å². The Bertz CT molecular complexity index is 483. The van der Waals surface area contributed by atoms with Gasteiger partial charge in [-0.3, -0.25) is 0 Å². The van der Waals surface area contributed by atoms with Gasteiger partial charge >= 0.3 is 0 Å². The molecule has 1 rings (SSSR count). The Hall–Kier alpha value is -1.07. The second-order valence-corrected chi connectivity index (χ2v) is 6.66. The fourth-order valence-electron chi connectivity index (χ4n) is 1.69. The van der Waals surface area contributed by atoms with Crippen LogP contribution in [0.2, 0.25) is 0 Å². The molecular weight excluding hydrogens is 250 g/mol. The fraction of sp³-hybridized carbons (Fsp3) is 0.538. The van der Waals surface area contributed by atoms with Gasteiger partial charge in [0.2, 0.25) is 0 Å². The Morgan fingerprint density at radius 3 is 2.67 bits per heavy atom. The molecule has 0 fully saturated rings. The summed E-state index contributed by atoms with van der Waals surface area (Å²) < 4.78 is 28.4. The number of benzene rings is 1. The number of nitrogens with two attached hydrogens (primary N) is 1. The largest absolute Gasteiger partial charge is 0.492 e. The zero-order chi connectivity index (χ0) is 13.6. The highest BCUT2D eigenvalue weighted by atomic mass is 32.2. The van der Waals surface area contributed by atoms with Gasteiger partial charge in [-0.25, -0.2) is 8.42 Å². The van der Waals surface area contributed by atoms with Gasteiger partial charge in [-0.1, -0.05) is 25.1 Å². The summed E-state index contributed by atoms with van der Waals surface area (Å²) >= 11 is 0. The molecule has 0 spiro atoms. The van der Waals surface area contributed by atoms with Gasteiger partial charge in [-0.15, -0.1) is 0 Å². The lowest BCUT2D eigenvalue weighted by molar-refractivity contribution is 0.335. The molecule has 5 heteroatoms. The number of sulfone groups is 1. The number of aryl methyl sites for hydroxylation is 1. The van der Waals surface area contributed by atoms with Crippen molar-refractivity contribution in [2.75, 3.05) is 24.7 Å². The van der Waals surface area contributed by atoms with Crippen LogP contribution in [0.4, 0.5) is 0 Å². The van der Waals surface area contributed by atoms with Crippen molar-refractivity contribution in [3.63, 3.8) is 0 Å². The molecule has 0 saturated carbocycles. The summed E-state index contributed by atoms with van der Waals surface area (Å²) in [6.07, 6.45) is 0.734. The van der Waals surface area contributed by atoms with Gasteiger partial charge in [-0.05, 0) is 31.0 Å². The normalized spacial score (nSPS) is 11.5. The van der Waals surface area contributed by atoms with Crippen LogP contribution in [0.15, 0.2) is 18.2 Å². The van der Waals surface area contributed by atoms with E-state index < -0.39 is 9.84 Å². The zero-order valence-electron chi connectivity index (χ0n) is 11.0. The fourth-order valence-corrected chi connectivity index (χ4v) is 2.31. The van der Waals surface area contributed by atoms with Crippen LogP contribution in [-0.2, 0) is 16.3 Å². The maximum absolute atomic E-state index is 11.4. The number of ether oxygens (including phenoxy) is 1. The Labute approximate surface area is 109 Å². The summed E-state index contributed by atoms with van der Waals surface area (Å²) in [6, 6.07) is 5.86. The predicted molar refractivity (Wildman–Crippen MR) is 73.8 cm³/mol. The Morgan fingerprint density at radius 2 is 2.06 bits per heavy atom. The summed E-state index contributed by atoms with van der Waals surface area (Å²) in [7, 11) is -2.98. The molecular formula is C13H21NO3S. The summed E-state index contributed by atoms with van der Waals surface area (Å²) in [5, 5.41) is 0. The Morgan fingerprint density at radius 1 is 1.33 bits per heavy atom. The van der Waals surface area contributed by atoms with Gasteiger partial charge in [0.05, 0.1) is 5.75 Å². The zero-order valence-corrected chi connectivity index (χ0v) is 11.8. The summed E-state index contributed by atoms with van der Waals surface area (Å²) in [5.41, 5.74) is 7.59. The molecule has 0 aromatic heterocycles. The molecule has 0 aliphatic carbocycles. The Balaban J connectivity index is 2.72. The number of hydrogen-bond donors (Lipinski definition) is 1. The van der Waals surface area contributed by atoms with E-state index in [0.29, 0.717) is 6.54 Å². The predicted octanol–water partition coefficient (Wildman–Crippen LogP) is 1.31. The first-order valence-electron chi connectivity index (χ1n) is 6.12. The highest BCUT2D eigenvalue weighted by Gasteiger charge is 2.10. The van der Waals surface area contributed by atoms with Crippen LogP contribution >= 0.6 is 0 Å². The van der Waals surface area contributed by atoms with Crippen molar-refractivity contribution in [1.82, 2.24) is 0 Å². The second kappa shape index (κ2) is 6.75. The number of rotatable bonds is 7. The van der Waals surface area contributed by atoms with Crippen molar-refractivity contribution in [3.8, 4) is 5.75 Å². The third kappa shape index (κ3) is 4.31. The summed E-state index contributed by atoms with van der Waals surface area (Å²) in [5.74, 6) is 0.980. The van der Waals surface area contributed by atoms with Crippen molar-refractivity contribution >= 4 is 9.84 Å². The minimum atomic E-state index is -2.98. The van der Waals surface area contributed by atoms with Gasteiger partial charge in [-0.2, -0.15) is 0 Å². The molecule has 1 aromatic rings. The third-order valence-electron chi connectivity index (χ3n) is 2.79. The van der Waals surface area contributed by atoms with Crippen molar-refractivity contribution in [2.24, 2.45) is 5.73 Å². The highest BCUT2D eigenvalue weighted by molar-refractivity contribution is 7.91. The van der Waals surface area contributed by atoms with Gasteiger partial charge in [0.25, 0.3) is 0 Å². The van der Waals surface area contributed by atoms with E-state index in [0.717, 1.165) is 23.3 Å². The first-order chi connectivity index (χ1) is 8.50. The summed E-state index contributed by atoms with van der Waals surface area (Å²) in [4.78, 5) is 0. The first kappa shape index (κ1) is 15.0. The van der Waals surface area contributed by atoms with Crippen LogP contribution in [0.5, 0.6) is 5.75 Å². The Kier molecular flexibility index (Phi) is 5.62. The van der Waals surface area contributed by atoms with Crippen LogP contribution in [0.25, 0.3) is 0 Å². The molecule has 4 nitrogen and oxygen atoms in total. The van der Waals surface area contributed by atoms with E-state index in [1.807, 2.05) is 25.1 Å². The van der Waals surface area contributed by atoms with E-state index in [1.165, 1.54) is 0 Å². The number of para-hydroxylation sites is 1. The van der Waals surface area contributed by atoms with Crippen LogP contribution in [0.3, 0.4) is 0 Å². The average Bonchev–Trinajstić information content (AvgIpc) is 2.33. The molecule has 0 amide bonds. The van der Waals surface area contributed by atoms with E-state index in [-0.39, 0.29) is 18.1 Å². The van der Waals surface area contributed by atoms with Crippen LogP contribution in [-0.4, -0.2) is 33.1 Å². The molecule has 2 N–H and O–H groups in total. The van der Waals surface area contributed by atoms with E-state index >= 15 is 0 Å². The molecule has 0 unspecified atom stereocenters. The quantitative estimate of drug-likeness (QED) is 0.812. The topological polar surface area (TPSA) is 69.4 Å². The lowest BCUT2D eigenvalue weighted by atomic mass is 10.1. The van der Waals surface area contributed by atoms with Crippen LogP contribution in [0, 0.1) is 6.92 Å². The van der Waals surface area contributed by atoms with Crippen LogP contribution < -0.4 is 10.5 Å². The first-order valence-corrected chi connectivity index (χ1v) is 7.94. The molecule has 0 bridgehead atoms. The molecule has 0 radical (unpaired) electrons. The molecule has 0 aliphatic heterocycles. The van der Waals surface area contributed by atoms with Crippen molar-refractivity contribution < 1.29 is 13.2 Å². The lowest BCUT2D eigenvalue weighted by Gasteiger charge is -2.13. The lowest BCUT2D eigenvalue weighted by Crippen LogP contribution is -2.16. The summed E-state index contributed by atoms with van der Waals surface area (Å²) in [6.45, 7) is 4.33. The van der Waals surface area contributed by atoms with E-state index in [9.17, 15) is 8.42 Å². The smallest absolute Gasteiger partial charge is 0.153 e. The SMILES string of the molecule is CCS(=O)(=O)CCOc1c(C)cccc1CCN. The van der Waals surface area contributed by atoms with Gasteiger partial charge < -0.3 is 10.5 Å². The van der Waals surface area contributed by atoms with Gasteiger partial charge in [0.15, 0.2) is 9.84 Å². The van der Waals surface area contributed by atoms with Crippen LogP contribution in [0.1, 0.15) is 18.1 Å². The minimum Gasteiger partial charge on any atom is -0.492 e. The molecule has 0 aliphatic rings. The van der Waals surface area contributed by atoms with Crippen molar-refractivity contribution in [3.05, 3.63) is 29.3 Å². The maximum Gasteiger partial charge on any atom is 0.153 e. The molecule has 1 aromatic carbocycles. The molecule has 0 saturated heterocycles. The molecule has 0 atom stereocenters. The maximum atomic E-state index is 11.4. The third-order valence-corrected chi connectivity index (χ3v) is 4.46. The standard InChI is InChI=1S/C13H21NO3S/c1-3-18(15,16)10-9-17-13-11(2)5-4-6-12(13)7-8-14/h4-6H,3,7-10,14H2,1-2H3. The molecule has 102 valence electrons.